The monoisotopic (exact) mass is 557 g/mol. The molecule has 2 fully saturated rings. The van der Waals surface area contributed by atoms with Crippen LogP contribution >= 0.6 is 11.3 Å². The van der Waals surface area contributed by atoms with Gasteiger partial charge in [-0.2, -0.15) is 26.3 Å². The third-order valence-corrected chi connectivity index (χ3v) is 6.70. The highest BCUT2D eigenvalue weighted by atomic mass is 32.1. The minimum Gasteiger partial charge on any atom is -0.475 e. The summed E-state index contributed by atoms with van der Waals surface area (Å²) < 4.78 is 69.8. The van der Waals surface area contributed by atoms with E-state index in [1.165, 1.54) is 15.4 Å². The lowest BCUT2D eigenvalue weighted by atomic mass is 9.92. The van der Waals surface area contributed by atoms with Crippen LogP contribution in [-0.2, 0) is 20.9 Å². The number of aromatic nitrogens is 2. The predicted octanol–water partition coefficient (Wildman–Crippen LogP) is 4.77. The van der Waals surface area contributed by atoms with Crippen molar-refractivity contribution in [2.75, 3.05) is 13.1 Å². The van der Waals surface area contributed by atoms with Gasteiger partial charge < -0.3 is 14.9 Å². The van der Waals surface area contributed by atoms with Crippen LogP contribution in [0.5, 0.6) is 0 Å². The lowest BCUT2D eigenvalue weighted by Crippen LogP contribution is -2.40. The van der Waals surface area contributed by atoms with Gasteiger partial charge in [0.2, 0.25) is 0 Å². The van der Waals surface area contributed by atoms with Gasteiger partial charge in [0.05, 0.1) is 11.8 Å². The molecule has 2 aromatic rings. The van der Waals surface area contributed by atoms with Crippen LogP contribution < -0.4 is 0 Å². The topological polar surface area (TPSA) is 113 Å². The highest BCUT2D eigenvalue weighted by Gasteiger charge is 2.41. The van der Waals surface area contributed by atoms with Crippen molar-refractivity contribution in [1.82, 2.24) is 14.9 Å². The molecule has 0 unspecified atom stereocenters. The maximum absolute atomic E-state index is 10.6. The number of halogens is 6. The Morgan fingerprint density at radius 1 is 1.14 bits per heavy atom. The third kappa shape index (κ3) is 9.55. The average Bonchev–Trinajstić information content (AvgIpc) is 3.36. The van der Waals surface area contributed by atoms with Crippen LogP contribution in [0, 0.1) is 19.8 Å². The number of nitrogens with zero attached hydrogens (tertiary/aromatic N) is 3. The van der Waals surface area contributed by atoms with Crippen molar-refractivity contribution in [2.24, 2.45) is 5.92 Å². The molecule has 37 heavy (non-hydrogen) atoms. The molecule has 0 radical (unpaired) electrons. The number of hydrogen-bond donors (Lipinski definition) is 2. The van der Waals surface area contributed by atoms with Crippen LogP contribution in [-0.4, -0.2) is 68.6 Å². The number of aryl methyl sites for hydroxylation is 2. The molecule has 4 rings (SSSR count). The van der Waals surface area contributed by atoms with E-state index in [2.05, 4.69) is 29.8 Å². The Bertz CT molecular complexity index is 1000. The molecule has 2 aliphatic rings. The van der Waals surface area contributed by atoms with Crippen LogP contribution in [0.4, 0.5) is 26.3 Å². The lowest BCUT2D eigenvalue weighted by Gasteiger charge is -2.33. The molecule has 2 N–H and O–H groups in total. The molecular weight excluding hydrogens is 532 g/mol. The standard InChI is InChI=1S/C18H23N3OS.2C2HF3O2/c1-12-13(2)23-18(20-12)17-8-15-11-21(7-5-16(15)22-17)10-14-4-3-6-19-9-14;2*3-2(4,5)1(6)7/h3-4,6,9,15-17H,5,7-8,10-11H2,1-2H3;2*(H,6,7)/t15-,16-,17+;;/m0../s1. The van der Waals surface area contributed by atoms with Gasteiger partial charge >= 0.3 is 24.3 Å². The number of pyridine rings is 1. The summed E-state index contributed by atoms with van der Waals surface area (Å²) in [6.45, 7) is 7.47. The average molecular weight is 558 g/mol. The Morgan fingerprint density at radius 2 is 1.73 bits per heavy atom. The number of likely N-dealkylation sites (tertiary alicyclic amines) is 1. The summed E-state index contributed by atoms with van der Waals surface area (Å²) >= 11 is 1.80. The molecule has 0 bridgehead atoms. The van der Waals surface area contributed by atoms with Crippen molar-refractivity contribution in [3.63, 3.8) is 0 Å². The highest BCUT2D eigenvalue weighted by molar-refractivity contribution is 7.11. The van der Waals surface area contributed by atoms with Crippen molar-refractivity contribution >= 4 is 23.3 Å². The first-order chi connectivity index (χ1) is 17.1. The molecular formula is C22H25F6N3O5S. The number of carboxylic acids is 2. The Kier molecular flexibility index (Phi) is 10.4. The quantitative estimate of drug-likeness (QED) is 0.519. The number of ether oxygens (including phenoxy) is 1. The van der Waals surface area contributed by atoms with Gasteiger partial charge in [-0.15, -0.1) is 11.3 Å². The molecule has 2 saturated heterocycles. The number of alkyl halides is 6. The molecule has 3 atom stereocenters. The minimum absolute atomic E-state index is 0.209. The summed E-state index contributed by atoms with van der Waals surface area (Å²) in [5, 5.41) is 15.4. The van der Waals surface area contributed by atoms with E-state index < -0.39 is 24.3 Å². The first kappa shape index (κ1) is 30.4. The van der Waals surface area contributed by atoms with Gasteiger partial charge in [-0.05, 0) is 38.3 Å². The van der Waals surface area contributed by atoms with Crippen molar-refractivity contribution in [2.45, 2.75) is 57.8 Å². The summed E-state index contributed by atoms with van der Waals surface area (Å²) in [7, 11) is 0. The highest BCUT2D eigenvalue weighted by Crippen LogP contribution is 2.42. The number of carboxylic acid groups (broad SMARTS) is 2. The number of thiazole rings is 1. The zero-order valence-corrected chi connectivity index (χ0v) is 20.5. The fraction of sp³-hybridized carbons (Fsp3) is 0.545. The van der Waals surface area contributed by atoms with Crippen molar-refractivity contribution in [3.8, 4) is 0 Å². The molecule has 0 aliphatic carbocycles. The van der Waals surface area contributed by atoms with Crippen LogP contribution in [0.25, 0.3) is 0 Å². The Balaban J connectivity index is 0.000000286. The van der Waals surface area contributed by atoms with Gasteiger partial charge in [0.15, 0.2) is 0 Å². The van der Waals surface area contributed by atoms with E-state index in [9.17, 15) is 26.3 Å². The zero-order valence-electron chi connectivity index (χ0n) is 19.7. The van der Waals surface area contributed by atoms with Gasteiger partial charge in [-0.3, -0.25) is 9.88 Å². The number of piperidine rings is 1. The summed E-state index contributed by atoms with van der Waals surface area (Å²) in [6, 6.07) is 4.18. The number of rotatable bonds is 3. The predicted molar refractivity (Wildman–Crippen MR) is 119 cm³/mol. The van der Waals surface area contributed by atoms with Crippen molar-refractivity contribution in [3.05, 3.63) is 45.7 Å². The molecule has 0 aromatic carbocycles. The second-order valence-corrected chi connectivity index (χ2v) is 9.58. The van der Waals surface area contributed by atoms with Gasteiger partial charge in [0.25, 0.3) is 0 Å². The molecule has 8 nitrogen and oxygen atoms in total. The Morgan fingerprint density at radius 3 is 2.19 bits per heavy atom. The molecule has 0 spiro atoms. The van der Waals surface area contributed by atoms with Crippen LogP contribution in [0.2, 0.25) is 0 Å². The molecule has 2 aliphatic heterocycles. The van der Waals surface area contributed by atoms with Gasteiger partial charge in [-0.25, -0.2) is 14.6 Å². The molecule has 15 heteroatoms. The van der Waals surface area contributed by atoms with E-state index >= 15 is 0 Å². The van der Waals surface area contributed by atoms with E-state index in [1.807, 2.05) is 18.5 Å². The largest absolute Gasteiger partial charge is 0.490 e. The molecule has 0 amide bonds. The van der Waals surface area contributed by atoms with E-state index in [1.54, 1.807) is 11.3 Å². The maximum Gasteiger partial charge on any atom is 0.490 e. The summed E-state index contributed by atoms with van der Waals surface area (Å²) in [4.78, 5) is 30.6. The van der Waals surface area contributed by atoms with E-state index in [-0.39, 0.29) is 6.10 Å². The Labute approximate surface area is 211 Å². The van der Waals surface area contributed by atoms with Gasteiger partial charge in [0, 0.05) is 42.8 Å². The second-order valence-electron chi connectivity index (χ2n) is 8.34. The molecule has 2 aromatic heterocycles. The SMILES string of the molecule is Cc1nc([C@H]2C[C@H]3CN(Cc4cccnc4)CC[C@@H]3O2)sc1C.O=C(O)C(F)(F)F.O=C(O)C(F)(F)F. The van der Waals surface area contributed by atoms with E-state index in [0.29, 0.717) is 12.0 Å². The maximum atomic E-state index is 10.6. The van der Waals surface area contributed by atoms with Gasteiger partial charge in [-0.1, -0.05) is 6.07 Å². The minimum atomic E-state index is -5.08. The summed E-state index contributed by atoms with van der Waals surface area (Å²) in [5.74, 6) is -4.88. The van der Waals surface area contributed by atoms with Gasteiger partial charge in [0.1, 0.15) is 11.1 Å². The fourth-order valence-corrected chi connectivity index (χ4v) is 4.69. The van der Waals surface area contributed by atoms with E-state index in [4.69, 9.17) is 29.5 Å². The first-order valence-corrected chi connectivity index (χ1v) is 11.7. The third-order valence-electron chi connectivity index (χ3n) is 5.54. The first-order valence-electron chi connectivity index (χ1n) is 10.9. The smallest absolute Gasteiger partial charge is 0.475 e. The van der Waals surface area contributed by atoms with E-state index in [0.717, 1.165) is 38.2 Å². The van der Waals surface area contributed by atoms with Crippen LogP contribution in [0.15, 0.2) is 24.5 Å². The summed E-state index contributed by atoms with van der Waals surface area (Å²) in [6.07, 6.45) is -3.49. The number of fused-ring (bicyclic) bond motifs is 1. The number of aliphatic carboxylic acids is 2. The van der Waals surface area contributed by atoms with Crippen molar-refractivity contribution < 1.29 is 50.9 Å². The molecule has 206 valence electrons. The normalized spacial score (nSPS) is 21.7. The van der Waals surface area contributed by atoms with Crippen molar-refractivity contribution in [1.29, 1.82) is 0 Å². The fourth-order valence-electron chi connectivity index (χ4n) is 3.72. The zero-order chi connectivity index (χ0) is 28.0. The van der Waals surface area contributed by atoms with Crippen LogP contribution in [0.3, 0.4) is 0 Å². The summed E-state index contributed by atoms with van der Waals surface area (Å²) in [5.41, 5.74) is 2.45. The molecule has 0 saturated carbocycles. The molecule has 4 heterocycles. The Hall–Kier alpha value is -2.78. The number of hydrogen-bond acceptors (Lipinski definition) is 7. The van der Waals surface area contributed by atoms with Crippen LogP contribution in [0.1, 0.15) is 40.1 Å². The lowest BCUT2D eigenvalue weighted by molar-refractivity contribution is -0.193. The number of carbonyl (C=O) groups is 2. The second kappa shape index (κ2) is 12.6.